The fourth-order valence-electron chi connectivity index (χ4n) is 4.45. The molecule has 26 heavy (non-hydrogen) atoms. The third-order valence-corrected chi connectivity index (χ3v) is 5.93. The number of allylic oxidation sites excluding steroid dienone is 3. The molecular weight excluding hydrogens is 326 g/mol. The molecule has 0 bridgehead atoms. The molecule has 0 aromatic heterocycles. The molecule has 2 aliphatic carbocycles. The smallest absolute Gasteiger partial charge is 0.231 e. The van der Waals surface area contributed by atoms with Crippen LogP contribution in [-0.4, -0.2) is 38.1 Å². The summed E-state index contributed by atoms with van der Waals surface area (Å²) in [6.45, 7) is 1.22. The van der Waals surface area contributed by atoms with Crippen LogP contribution in [0.15, 0.2) is 35.4 Å². The maximum atomic E-state index is 13.5. The molecule has 1 heterocycles. The van der Waals surface area contributed by atoms with Crippen molar-refractivity contribution in [2.24, 2.45) is 5.41 Å². The number of benzene rings is 1. The van der Waals surface area contributed by atoms with Crippen LogP contribution in [0.1, 0.15) is 44.1 Å². The van der Waals surface area contributed by atoms with Crippen molar-refractivity contribution in [1.29, 1.82) is 0 Å². The highest BCUT2D eigenvalue weighted by molar-refractivity contribution is 6.07. The number of nitrogens with zero attached hydrogens (tertiary/aromatic N) is 1. The molecule has 1 aliphatic heterocycles. The molecule has 138 valence electrons. The molecule has 1 aromatic rings. The molecule has 0 radical (unpaired) electrons. The van der Waals surface area contributed by atoms with Crippen LogP contribution in [0.25, 0.3) is 6.08 Å². The van der Waals surface area contributed by atoms with E-state index in [1.54, 1.807) is 0 Å². The predicted molar refractivity (Wildman–Crippen MR) is 102 cm³/mol. The predicted octanol–water partition coefficient (Wildman–Crippen LogP) is 4.21. The fraction of sp³-hybridized carbons (Fsp3) is 0.500. The van der Waals surface area contributed by atoms with E-state index in [1.165, 1.54) is 12.0 Å². The molecule has 0 saturated heterocycles. The molecule has 1 fully saturated rings. The van der Waals surface area contributed by atoms with Crippen molar-refractivity contribution in [3.63, 3.8) is 0 Å². The van der Waals surface area contributed by atoms with Gasteiger partial charge in [0.2, 0.25) is 6.79 Å². The van der Waals surface area contributed by atoms with Gasteiger partial charge in [-0.15, -0.1) is 0 Å². The number of carbonyl (C=O) groups excluding carboxylic acids is 1. The lowest BCUT2D eigenvalue weighted by Crippen LogP contribution is -2.32. The van der Waals surface area contributed by atoms with Crippen LogP contribution in [-0.2, 0) is 4.79 Å². The molecule has 0 N–H and O–H groups in total. The van der Waals surface area contributed by atoms with Crippen molar-refractivity contribution < 1.29 is 14.3 Å². The first-order valence-corrected chi connectivity index (χ1v) is 9.58. The Balaban J connectivity index is 1.62. The quantitative estimate of drug-likeness (QED) is 0.587. The summed E-state index contributed by atoms with van der Waals surface area (Å²) in [6, 6.07) is 5.90. The summed E-state index contributed by atoms with van der Waals surface area (Å²) >= 11 is 0. The summed E-state index contributed by atoms with van der Waals surface area (Å²) in [4.78, 5) is 15.7. The van der Waals surface area contributed by atoms with Crippen LogP contribution in [0, 0.1) is 5.41 Å². The molecule has 0 amide bonds. The number of hydrogen-bond acceptors (Lipinski definition) is 4. The zero-order chi connectivity index (χ0) is 18.1. The van der Waals surface area contributed by atoms with Gasteiger partial charge in [-0.2, -0.15) is 0 Å². The molecule has 1 saturated carbocycles. The Morgan fingerprint density at radius 3 is 2.81 bits per heavy atom. The highest BCUT2D eigenvalue weighted by Gasteiger charge is 2.47. The summed E-state index contributed by atoms with van der Waals surface area (Å²) in [6.07, 6.45) is 10.5. The second-order valence-corrected chi connectivity index (χ2v) is 7.87. The van der Waals surface area contributed by atoms with Gasteiger partial charge in [0, 0.05) is 0 Å². The van der Waals surface area contributed by atoms with Crippen molar-refractivity contribution >= 4 is 11.9 Å². The van der Waals surface area contributed by atoms with Crippen LogP contribution in [0.2, 0.25) is 0 Å². The van der Waals surface area contributed by atoms with Crippen LogP contribution in [0.4, 0.5) is 0 Å². The topological polar surface area (TPSA) is 38.8 Å². The van der Waals surface area contributed by atoms with Gasteiger partial charge in [-0.1, -0.05) is 17.7 Å². The van der Waals surface area contributed by atoms with Gasteiger partial charge in [-0.25, -0.2) is 0 Å². The summed E-state index contributed by atoms with van der Waals surface area (Å²) in [5, 5.41) is 0. The third kappa shape index (κ3) is 3.07. The lowest BCUT2D eigenvalue weighted by Gasteiger charge is -2.30. The van der Waals surface area contributed by atoms with Gasteiger partial charge in [0.25, 0.3) is 0 Å². The normalized spacial score (nSPS) is 26.2. The molecule has 0 spiro atoms. The number of rotatable bonds is 5. The van der Waals surface area contributed by atoms with E-state index in [9.17, 15) is 4.79 Å². The summed E-state index contributed by atoms with van der Waals surface area (Å²) < 4.78 is 10.8. The minimum atomic E-state index is -0.275. The van der Waals surface area contributed by atoms with Crippen molar-refractivity contribution in [3.8, 4) is 11.5 Å². The lowest BCUT2D eigenvalue weighted by atomic mass is 9.74. The first-order valence-electron chi connectivity index (χ1n) is 9.58. The van der Waals surface area contributed by atoms with Crippen LogP contribution in [0.3, 0.4) is 0 Å². The Kier molecular flexibility index (Phi) is 4.62. The van der Waals surface area contributed by atoms with Crippen molar-refractivity contribution in [2.75, 3.05) is 27.4 Å². The summed E-state index contributed by atoms with van der Waals surface area (Å²) in [5.41, 5.74) is 3.08. The highest BCUT2D eigenvalue weighted by atomic mass is 16.7. The average Bonchev–Trinajstić information content (AvgIpc) is 3.35. The number of hydrogen-bond donors (Lipinski definition) is 0. The van der Waals surface area contributed by atoms with Gasteiger partial charge in [0.1, 0.15) is 0 Å². The highest BCUT2D eigenvalue weighted by Crippen LogP contribution is 2.50. The van der Waals surface area contributed by atoms with Crippen molar-refractivity contribution in [1.82, 2.24) is 4.90 Å². The Labute approximate surface area is 155 Å². The lowest BCUT2D eigenvalue weighted by molar-refractivity contribution is -0.121. The monoisotopic (exact) mass is 353 g/mol. The molecular formula is C22H27NO3. The van der Waals surface area contributed by atoms with E-state index < -0.39 is 0 Å². The molecule has 1 atom stereocenters. The molecule has 4 heteroatoms. The number of ketones is 1. The molecule has 1 unspecified atom stereocenters. The van der Waals surface area contributed by atoms with Gasteiger partial charge in [-0.05, 0) is 88.5 Å². The standard InChI is InChI=1S/C22H27NO3/c1-23(2)12-11-22(18-5-3-4-6-18)10-9-17(21(22)24)13-16-7-8-19-20(14-16)26-15-25-19/h5,7-8,13-14H,3-4,6,9-12,15H2,1-2H3/b17-13+. The van der Waals surface area contributed by atoms with Gasteiger partial charge < -0.3 is 14.4 Å². The zero-order valence-corrected chi connectivity index (χ0v) is 15.7. The van der Waals surface area contributed by atoms with E-state index in [4.69, 9.17) is 9.47 Å². The second kappa shape index (κ2) is 6.92. The average molecular weight is 353 g/mol. The van der Waals surface area contributed by atoms with Gasteiger partial charge in [-0.3, -0.25) is 4.79 Å². The van der Waals surface area contributed by atoms with Crippen LogP contribution >= 0.6 is 0 Å². The SMILES string of the molecule is CN(C)CCC1(C2=CCCC2)CC/C(=C\c2ccc3c(c2)OCO3)C1=O. The second-order valence-electron chi connectivity index (χ2n) is 7.87. The maximum Gasteiger partial charge on any atom is 0.231 e. The maximum absolute atomic E-state index is 13.5. The Morgan fingerprint density at radius 1 is 1.19 bits per heavy atom. The van der Waals surface area contributed by atoms with Crippen molar-refractivity contribution in [2.45, 2.75) is 38.5 Å². The van der Waals surface area contributed by atoms with Crippen LogP contribution in [0.5, 0.6) is 11.5 Å². The van der Waals surface area contributed by atoms with Gasteiger partial charge in [0.15, 0.2) is 17.3 Å². The zero-order valence-electron chi connectivity index (χ0n) is 15.7. The van der Waals surface area contributed by atoms with Crippen LogP contribution < -0.4 is 9.47 Å². The summed E-state index contributed by atoms with van der Waals surface area (Å²) in [5.74, 6) is 1.88. The number of Topliss-reactive ketones (excluding diaryl/α,β-unsaturated/α-hetero) is 1. The van der Waals surface area contributed by atoms with E-state index >= 15 is 0 Å². The molecule has 3 aliphatic rings. The van der Waals surface area contributed by atoms with E-state index in [-0.39, 0.29) is 12.2 Å². The summed E-state index contributed by atoms with van der Waals surface area (Å²) in [7, 11) is 4.17. The van der Waals surface area contributed by atoms with Gasteiger partial charge >= 0.3 is 0 Å². The van der Waals surface area contributed by atoms with E-state index in [1.807, 2.05) is 18.2 Å². The molecule has 4 nitrogen and oxygen atoms in total. The Bertz CT molecular complexity index is 778. The molecule has 1 aromatic carbocycles. The van der Waals surface area contributed by atoms with E-state index in [0.717, 1.165) is 61.3 Å². The third-order valence-electron chi connectivity index (χ3n) is 5.93. The minimum Gasteiger partial charge on any atom is -0.454 e. The first kappa shape index (κ1) is 17.3. The van der Waals surface area contributed by atoms with Gasteiger partial charge in [0.05, 0.1) is 5.41 Å². The Morgan fingerprint density at radius 2 is 2.04 bits per heavy atom. The number of ether oxygens (including phenoxy) is 2. The molecule has 4 rings (SSSR count). The van der Waals surface area contributed by atoms with E-state index in [0.29, 0.717) is 5.78 Å². The fourth-order valence-corrected chi connectivity index (χ4v) is 4.45. The first-order chi connectivity index (χ1) is 12.6. The van der Waals surface area contributed by atoms with E-state index in [2.05, 4.69) is 31.1 Å². The largest absolute Gasteiger partial charge is 0.454 e. The number of fused-ring (bicyclic) bond motifs is 1. The van der Waals surface area contributed by atoms with Crippen molar-refractivity contribution in [3.05, 3.63) is 41.0 Å². The number of carbonyl (C=O) groups is 1. The minimum absolute atomic E-state index is 0.274. The Hall–Kier alpha value is -2.07.